The minimum absolute atomic E-state index is 0.00950. The topological polar surface area (TPSA) is 93.2 Å². The highest BCUT2D eigenvalue weighted by atomic mass is 16.7. The smallest absolute Gasteiger partial charge is 0.409 e. The van der Waals surface area contributed by atoms with Crippen molar-refractivity contribution in [2.24, 2.45) is 11.3 Å². The van der Waals surface area contributed by atoms with Crippen LogP contribution < -0.4 is 0 Å². The first-order valence-corrected chi connectivity index (χ1v) is 13.6. The standard InChI is InChI=1S/C32H30N2O6/c1-32(2,30(37)40-34-28(35)25-13-7-8-14-26(25)29(34)36)20-15-17-33(18-16-20)31(38)39-19-27-23-11-5-3-9-21(23)22-10-4-6-12-24(22)27/h3-14,20,27H,15-19H2,1-2H3. The summed E-state index contributed by atoms with van der Waals surface area (Å²) in [5.41, 5.74) is 4.14. The van der Waals surface area contributed by atoms with Gasteiger partial charge in [0.15, 0.2) is 0 Å². The molecule has 8 heteroatoms. The number of imide groups is 1. The lowest BCUT2D eigenvalue weighted by Gasteiger charge is -2.38. The maximum absolute atomic E-state index is 13.2. The molecule has 40 heavy (non-hydrogen) atoms. The summed E-state index contributed by atoms with van der Waals surface area (Å²) in [5.74, 6) is -2.05. The van der Waals surface area contributed by atoms with Gasteiger partial charge in [0, 0.05) is 19.0 Å². The summed E-state index contributed by atoms with van der Waals surface area (Å²) >= 11 is 0. The molecule has 0 unspecified atom stereocenters. The lowest BCUT2D eigenvalue weighted by molar-refractivity contribution is -0.183. The molecule has 3 aliphatic rings. The number of likely N-dealkylation sites (tertiary alicyclic amines) is 1. The van der Waals surface area contributed by atoms with E-state index in [1.807, 2.05) is 24.3 Å². The van der Waals surface area contributed by atoms with Crippen molar-refractivity contribution in [2.75, 3.05) is 19.7 Å². The second-order valence-corrected chi connectivity index (χ2v) is 11.1. The number of carbonyl (C=O) groups is 4. The maximum atomic E-state index is 13.2. The Bertz CT molecular complexity index is 1440. The van der Waals surface area contributed by atoms with E-state index >= 15 is 0 Å². The van der Waals surface area contributed by atoms with Crippen LogP contribution in [0.1, 0.15) is 64.4 Å². The van der Waals surface area contributed by atoms with Crippen LogP contribution in [0.3, 0.4) is 0 Å². The first-order chi connectivity index (χ1) is 19.3. The molecule has 3 aromatic carbocycles. The fourth-order valence-electron chi connectivity index (χ4n) is 6.09. The minimum atomic E-state index is -0.970. The molecule has 0 saturated carbocycles. The molecule has 0 aromatic heterocycles. The van der Waals surface area contributed by atoms with Crippen molar-refractivity contribution in [3.63, 3.8) is 0 Å². The number of amides is 3. The third-order valence-electron chi connectivity index (χ3n) is 8.57. The molecule has 0 atom stereocenters. The van der Waals surface area contributed by atoms with E-state index in [9.17, 15) is 19.2 Å². The van der Waals surface area contributed by atoms with Gasteiger partial charge in [0.1, 0.15) is 6.61 Å². The van der Waals surface area contributed by atoms with E-state index < -0.39 is 23.2 Å². The molecule has 0 radical (unpaired) electrons. The molecular weight excluding hydrogens is 508 g/mol. The summed E-state index contributed by atoms with van der Waals surface area (Å²) in [6, 6.07) is 22.8. The van der Waals surface area contributed by atoms with E-state index in [4.69, 9.17) is 9.57 Å². The molecule has 8 nitrogen and oxygen atoms in total. The molecule has 204 valence electrons. The number of hydrogen-bond acceptors (Lipinski definition) is 6. The summed E-state index contributed by atoms with van der Waals surface area (Å²) < 4.78 is 5.80. The van der Waals surface area contributed by atoms with Crippen molar-refractivity contribution >= 4 is 23.9 Å². The van der Waals surface area contributed by atoms with Gasteiger partial charge in [0.05, 0.1) is 16.5 Å². The van der Waals surface area contributed by atoms with E-state index in [2.05, 4.69) is 24.3 Å². The Kier molecular flexibility index (Phi) is 6.41. The molecule has 3 amide bonds. The molecule has 6 rings (SSSR count). The van der Waals surface area contributed by atoms with Gasteiger partial charge < -0.3 is 14.5 Å². The minimum Gasteiger partial charge on any atom is -0.448 e. The summed E-state index contributed by atoms with van der Waals surface area (Å²) in [4.78, 5) is 58.4. The van der Waals surface area contributed by atoms with Gasteiger partial charge in [0.2, 0.25) is 0 Å². The predicted molar refractivity (Wildman–Crippen MR) is 146 cm³/mol. The van der Waals surface area contributed by atoms with Crippen LogP contribution in [0.4, 0.5) is 4.79 Å². The van der Waals surface area contributed by atoms with Crippen LogP contribution in [0, 0.1) is 11.3 Å². The van der Waals surface area contributed by atoms with Crippen molar-refractivity contribution in [1.29, 1.82) is 0 Å². The number of benzene rings is 3. The predicted octanol–water partition coefficient (Wildman–Crippen LogP) is 5.43. The number of carbonyl (C=O) groups excluding carboxylic acids is 4. The Morgan fingerprint density at radius 2 is 1.25 bits per heavy atom. The monoisotopic (exact) mass is 538 g/mol. The fourth-order valence-corrected chi connectivity index (χ4v) is 6.09. The van der Waals surface area contributed by atoms with Crippen LogP contribution in [-0.2, 0) is 14.4 Å². The summed E-state index contributed by atoms with van der Waals surface area (Å²) in [5, 5.41) is 0.556. The van der Waals surface area contributed by atoms with E-state index in [0.29, 0.717) is 31.0 Å². The fraction of sp³-hybridized carbons (Fsp3) is 0.312. The van der Waals surface area contributed by atoms with Crippen LogP contribution in [0.15, 0.2) is 72.8 Å². The number of fused-ring (bicyclic) bond motifs is 4. The van der Waals surface area contributed by atoms with Crippen molar-refractivity contribution < 1.29 is 28.8 Å². The second kappa shape index (κ2) is 9.93. The summed E-state index contributed by atoms with van der Waals surface area (Å²) in [7, 11) is 0. The van der Waals surface area contributed by atoms with Crippen molar-refractivity contribution in [1.82, 2.24) is 9.96 Å². The molecular formula is C32H30N2O6. The van der Waals surface area contributed by atoms with Gasteiger partial charge in [-0.05, 0) is 67.0 Å². The molecule has 1 saturated heterocycles. The van der Waals surface area contributed by atoms with Gasteiger partial charge in [-0.15, -0.1) is 0 Å². The number of hydroxylamine groups is 2. The normalized spacial score (nSPS) is 16.9. The zero-order valence-corrected chi connectivity index (χ0v) is 22.5. The van der Waals surface area contributed by atoms with Crippen molar-refractivity contribution in [3.8, 4) is 11.1 Å². The van der Waals surface area contributed by atoms with Gasteiger partial charge in [-0.1, -0.05) is 65.7 Å². The number of hydrogen-bond donors (Lipinski definition) is 0. The maximum Gasteiger partial charge on any atom is 0.409 e. The third-order valence-corrected chi connectivity index (χ3v) is 8.57. The van der Waals surface area contributed by atoms with Gasteiger partial charge in [-0.25, -0.2) is 9.59 Å². The highest BCUT2D eigenvalue weighted by Crippen LogP contribution is 2.44. The molecule has 1 aliphatic carbocycles. The van der Waals surface area contributed by atoms with E-state index in [1.165, 1.54) is 23.3 Å². The number of piperidine rings is 1. The number of ether oxygens (including phenoxy) is 1. The molecule has 3 aromatic rings. The zero-order valence-electron chi connectivity index (χ0n) is 22.5. The lowest BCUT2D eigenvalue weighted by Crippen LogP contribution is -2.46. The van der Waals surface area contributed by atoms with E-state index in [1.54, 1.807) is 30.9 Å². The Hall–Kier alpha value is -4.46. The van der Waals surface area contributed by atoms with Crippen molar-refractivity contribution in [3.05, 3.63) is 95.1 Å². The molecule has 0 N–H and O–H groups in total. The van der Waals surface area contributed by atoms with Crippen molar-refractivity contribution in [2.45, 2.75) is 32.6 Å². The second-order valence-electron chi connectivity index (χ2n) is 11.1. The first kappa shape index (κ1) is 25.8. The molecule has 2 aliphatic heterocycles. The Labute approximate surface area is 232 Å². The Morgan fingerprint density at radius 1 is 0.775 bits per heavy atom. The van der Waals surface area contributed by atoms with Gasteiger partial charge >= 0.3 is 12.1 Å². The van der Waals surface area contributed by atoms with Crippen LogP contribution in [0.5, 0.6) is 0 Å². The van der Waals surface area contributed by atoms with Crippen LogP contribution >= 0.6 is 0 Å². The summed E-state index contributed by atoms with van der Waals surface area (Å²) in [6.45, 7) is 4.63. The molecule has 0 spiro atoms. The largest absolute Gasteiger partial charge is 0.448 e. The van der Waals surface area contributed by atoms with E-state index in [-0.39, 0.29) is 35.7 Å². The highest BCUT2D eigenvalue weighted by molar-refractivity contribution is 6.20. The average Bonchev–Trinajstić information content (AvgIpc) is 3.43. The van der Waals surface area contributed by atoms with E-state index in [0.717, 1.165) is 11.1 Å². The Balaban J connectivity index is 1.05. The lowest BCUT2D eigenvalue weighted by atomic mass is 9.74. The van der Waals surface area contributed by atoms with Gasteiger partial charge in [0.25, 0.3) is 11.8 Å². The molecule has 0 bridgehead atoms. The number of rotatable bonds is 5. The molecule has 1 fully saturated rings. The number of nitrogens with zero attached hydrogens (tertiary/aromatic N) is 2. The first-order valence-electron chi connectivity index (χ1n) is 13.6. The third kappa shape index (κ3) is 4.24. The van der Waals surface area contributed by atoms with Gasteiger partial charge in [-0.3, -0.25) is 9.59 Å². The van der Waals surface area contributed by atoms with Crippen LogP contribution in [0.25, 0.3) is 11.1 Å². The van der Waals surface area contributed by atoms with Gasteiger partial charge in [-0.2, -0.15) is 0 Å². The quantitative estimate of drug-likeness (QED) is 0.403. The van der Waals surface area contributed by atoms with Crippen LogP contribution in [0.2, 0.25) is 0 Å². The molecule has 2 heterocycles. The highest BCUT2D eigenvalue weighted by Gasteiger charge is 2.45. The Morgan fingerprint density at radius 3 is 1.77 bits per heavy atom. The SMILES string of the molecule is CC(C)(C(=O)ON1C(=O)c2ccccc2C1=O)C1CCN(C(=O)OCC2c3ccccc3-c3ccccc32)CC1. The average molecular weight is 539 g/mol. The summed E-state index contributed by atoms with van der Waals surface area (Å²) in [6.07, 6.45) is 0.759. The van der Waals surface area contributed by atoms with Crippen LogP contribution in [-0.4, -0.2) is 53.5 Å². The zero-order chi connectivity index (χ0) is 28.0.